The lowest BCUT2D eigenvalue weighted by Gasteiger charge is -2.31. The number of piperazine rings is 1. The highest BCUT2D eigenvalue weighted by Gasteiger charge is 2.39. The molecule has 0 saturated carbocycles. The fourth-order valence-electron chi connectivity index (χ4n) is 2.46. The number of nitrogens with zero attached hydrogens (tertiary/aromatic N) is 1. The minimum Gasteiger partial charge on any atom is -0.374 e. The fraction of sp³-hybridized carbons (Fsp3) is 1.00. The van der Waals surface area contributed by atoms with Crippen molar-refractivity contribution >= 4 is 8.80 Å². The number of nitrogens with one attached hydrogen (secondary N) is 1. The van der Waals surface area contributed by atoms with Crippen molar-refractivity contribution in [2.75, 3.05) is 52.5 Å². The van der Waals surface area contributed by atoms with E-state index in [1.54, 1.807) is 0 Å². The maximum atomic E-state index is 5.86. The maximum absolute atomic E-state index is 5.86. The van der Waals surface area contributed by atoms with Gasteiger partial charge < -0.3 is 23.5 Å². The lowest BCUT2D eigenvalue weighted by atomic mass is 10.3. The normalized spacial score (nSPS) is 17.8. The summed E-state index contributed by atoms with van der Waals surface area (Å²) in [6.07, 6.45) is 1.09. The molecule has 1 rings (SSSR count). The topological polar surface area (TPSA) is 43.0 Å². The maximum Gasteiger partial charge on any atom is 0.500 e. The third-order valence-electron chi connectivity index (χ3n) is 3.26. The van der Waals surface area contributed by atoms with E-state index in [0.29, 0.717) is 19.8 Å². The van der Waals surface area contributed by atoms with Crippen molar-refractivity contribution in [3.63, 3.8) is 0 Å². The molecule has 0 amide bonds. The Hall–Kier alpha value is 0.0169. The van der Waals surface area contributed by atoms with Crippen LogP contribution in [0, 0.1) is 0 Å². The molecule has 1 aliphatic rings. The summed E-state index contributed by atoms with van der Waals surface area (Å²) in [6, 6.07) is 0.923. The number of rotatable bonds is 10. The van der Waals surface area contributed by atoms with E-state index in [1.807, 2.05) is 20.8 Å². The summed E-state index contributed by atoms with van der Waals surface area (Å²) in [4.78, 5) is 2.50. The molecule has 0 unspecified atom stereocenters. The van der Waals surface area contributed by atoms with Crippen LogP contribution in [-0.4, -0.2) is 66.2 Å². The van der Waals surface area contributed by atoms with E-state index in [4.69, 9.17) is 13.3 Å². The van der Waals surface area contributed by atoms with Gasteiger partial charge in [-0.2, -0.15) is 0 Å². The molecule has 6 heteroatoms. The summed E-state index contributed by atoms with van der Waals surface area (Å²) in [5.41, 5.74) is 0. The minimum atomic E-state index is -2.42. The molecule has 1 saturated heterocycles. The second-order valence-corrected chi connectivity index (χ2v) is 7.41. The molecule has 0 aliphatic carbocycles. The molecule has 0 radical (unpaired) electrons. The summed E-state index contributed by atoms with van der Waals surface area (Å²) in [5.74, 6) is 0. The van der Waals surface area contributed by atoms with Crippen LogP contribution in [0.15, 0.2) is 0 Å². The van der Waals surface area contributed by atoms with Crippen LogP contribution in [0.25, 0.3) is 0 Å². The zero-order valence-corrected chi connectivity index (χ0v) is 13.7. The van der Waals surface area contributed by atoms with Crippen molar-refractivity contribution in [2.24, 2.45) is 0 Å². The predicted octanol–water partition coefficient (Wildman–Crippen LogP) is 1.33. The van der Waals surface area contributed by atoms with Crippen molar-refractivity contribution in [2.45, 2.75) is 33.2 Å². The Labute approximate surface area is 119 Å². The lowest BCUT2D eigenvalue weighted by Crippen LogP contribution is -2.47. The van der Waals surface area contributed by atoms with Crippen LogP contribution < -0.4 is 5.32 Å². The Morgan fingerprint density at radius 2 is 1.47 bits per heavy atom. The second kappa shape index (κ2) is 9.85. The molecule has 114 valence electrons. The van der Waals surface area contributed by atoms with Gasteiger partial charge in [0.1, 0.15) is 0 Å². The predicted molar refractivity (Wildman–Crippen MR) is 79.4 cm³/mol. The van der Waals surface area contributed by atoms with Crippen molar-refractivity contribution in [1.82, 2.24) is 10.2 Å². The second-order valence-electron chi connectivity index (χ2n) is 4.68. The van der Waals surface area contributed by atoms with Gasteiger partial charge in [-0.15, -0.1) is 0 Å². The average molecular weight is 290 g/mol. The molecule has 0 aromatic heterocycles. The molecule has 0 atom stereocenters. The third-order valence-corrected chi connectivity index (χ3v) is 6.41. The molecule has 0 bridgehead atoms. The van der Waals surface area contributed by atoms with Gasteiger partial charge in [0.05, 0.1) is 0 Å². The van der Waals surface area contributed by atoms with Gasteiger partial charge in [0.25, 0.3) is 0 Å². The van der Waals surface area contributed by atoms with E-state index in [9.17, 15) is 0 Å². The van der Waals surface area contributed by atoms with Crippen LogP contribution in [0.4, 0.5) is 0 Å². The van der Waals surface area contributed by atoms with Crippen molar-refractivity contribution in [3.05, 3.63) is 0 Å². The molecule has 1 N–H and O–H groups in total. The molecule has 5 nitrogen and oxygen atoms in total. The lowest BCUT2D eigenvalue weighted by molar-refractivity contribution is 0.0697. The fourth-order valence-corrected chi connectivity index (χ4v) is 5.05. The highest BCUT2D eigenvalue weighted by Crippen LogP contribution is 2.18. The number of hydrogen-bond donors (Lipinski definition) is 1. The van der Waals surface area contributed by atoms with Crippen molar-refractivity contribution < 1.29 is 13.3 Å². The first-order valence-electron chi connectivity index (χ1n) is 7.61. The average Bonchev–Trinajstić information content (AvgIpc) is 2.41. The van der Waals surface area contributed by atoms with Crippen molar-refractivity contribution in [1.29, 1.82) is 0 Å². The molecule has 0 aromatic carbocycles. The Bertz CT molecular complexity index is 209. The quantitative estimate of drug-likeness (QED) is 0.615. The molecule has 1 fully saturated rings. The van der Waals surface area contributed by atoms with Crippen LogP contribution in [0.1, 0.15) is 27.2 Å². The molecule has 1 heterocycles. The van der Waals surface area contributed by atoms with Gasteiger partial charge in [-0.3, -0.25) is 0 Å². The molecular weight excluding hydrogens is 260 g/mol. The van der Waals surface area contributed by atoms with Gasteiger partial charge in [-0.1, -0.05) is 0 Å². The summed E-state index contributed by atoms with van der Waals surface area (Å²) in [6.45, 7) is 13.6. The Morgan fingerprint density at radius 3 is 1.95 bits per heavy atom. The molecule has 1 aliphatic heterocycles. The van der Waals surface area contributed by atoms with E-state index in [-0.39, 0.29) is 0 Å². The smallest absolute Gasteiger partial charge is 0.374 e. The van der Waals surface area contributed by atoms with Crippen LogP contribution in [0.2, 0.25) is 6.04 Å². The Kier molecular flexibility index (Phi) is 8.85. The molecule has 0 spiro atoms. The first-order valence-corrected chi connectivity index (χ1v) is 9.54. The van der Waals surface area contributed by atoms with Gasteiger partial charge in [0.15, 0.2) is 0 Å². The third kappa shape index (κ3) is 6.33. The minimum absolute atomic E-state index is 0.667. The van der Waals surface area contributed by atoms with E-state index >= 15 is 0 Å². The Balaban J connectivity index is 2.36. The van der Waals surface area contributed by atoms with Gasteiger partial charge >= 0.3 is 8.80 Å². The molecule has 19 heavy (non-hydrogen) atoms. The van der Waals surface area contributed by atoms with Crippen LogP contribution >= 0.6 is 0 Å². The van der Waals surface area contributed by atoms with Crippen LogP contribution in [-0.2, 0) is 13.3 Å². The van der Waals surface area contributed by atoms with Gasteiger partial charge in [0, 0.05) is 52.0 Å². The monoisotopic (exact) mass is 290 g/mol. The summed E-state index contributed by atoms with van der Waals surface area (Å²) in [5, 5.41) is 3.38. The van der Waals surface area contributed by atoms with Gasteiger partial charge in [-0.25, -0.2) is 0 Å². The zero-order chi connectivity index (χ0) is 14.0. The van der Waals surface area contributed by atoms with Crippen LogP contribution in [0.3, 0.4) is 0 Å². The van der Waals surface area contributed by atoms with E-state index in [1.165, 1.54) is 0 Å². The van der Waals surface area contributed by atoms with Crippen LogP contribution in [0.5, 0.6) is 0 Å². The first-order chi connectivity index (χ1) is 9.26. The van der Waals surface area contributed by atoms with Crippen molar-refractivity contribution in [3.8, 4) is 0 Å². The number of hydrogen-bond acceptors (Lipinski definition) is 5. The highest BCUT2D eigenvalue weighted by atomic mass is 28.4. The highest BCUT2D eigenvalue weighted by molar-refractivity contribution is 6.60. The summed E-state index contributed by atoms with van der Waals surface area (Å²) >= 11 is 0. The molecule has 0 aromatic rings. The summed E-state index contributed by atoms with van der Waals surface area (Å²) < 4.78 is 17.6. The van der Waals surface area contributed by atoms with E-state index < -0.39 is 8.80 Å². The standard InChI is InChI=1S/C13H30N2O3Si/c1-4-16-19(17-5-2,18-6-3)13-7-10-15-11-8-14-9-12-15/h14H,4-13H2,1-3H3. The zero-order valence-electron chi connectivity index (χ0n) is 12.7. The van der Waals surface area contributed by atoms with Gasteiger partial charge in [-0.05, 0) is 33.7 Å². The SMILES string of the molecule is CCO[Si](CCCN1CCNCC1)(OCC)OCC. The van der Waals surface area contributed by atoms with Gasteiger partial charge in [0.2, 0.25) is 0 Å². The first kappa shape index (κ1) is 17.1. The molecular formula is C13H30N2O3Si. The van der Waals surface area contributed by atoms with E-state index in [2.05, 4.69) is 10.2 Å². The van der Waals surface area contributed by atoms with E-state index in [0.717, 1.165) is 45.2 Å². The Morgan fingerprint density at radius 1 is 0.947 bits per heavy atom. The largest absolute Gasteiger partial charge is 0.500 e. The summed E-state index contributed by atoms with van der Waals surface area (Å²) in [7, 11) is -2.42.